The van der Waals surface area contributed by atoms with Crippen LogP contribution in [-0.4, -0.2) is 13.0 Å². The first-order chi connectivity index (χ1) is 13.1. The van der Waals surface area contributed by atoms with E-state index in [9.17, 15) is 27.6 Å². The van der Waals surface area contributed by atoms with Crippen molar-refractivity contribution < 1.29 is 27.1 Å². The van der Waals surface area contributed by atoms with Crippen LogP contribution in [0.15, 0.2) is 48.0 Å². The summed E-state index contributed by atoms with van der Waals surface area (Å²) in [6.45, 7) is 1.67. The molecule has 8 heteroatoms. The lowest BCUT2D eigenvalue weighted by Gasteiger charge is -2.15. The van der Waals surface area contributed by atoms with Crippen molar-refractivity contribution in [3.8, 4) is 11.8 Å². The van der Waals surface area contributed by atoms with Crippen molar-refractivity contribution in [2.75, 3.05) is 7.11 Å². The average Bonchev–Trinajstić information content (AvgIpc) is 2.64. The van der Waals surface area contributed by atoms with Gasteiger partial charge in [-0.05, 0) is 54.5 Å². The minimum Gasteiger partial charge on any atom is -0.497 e. The molecule has 4 nitrogen and oxygen atoms in total. The Morgan fingerprint density at radius 3 is 2.57 bits per heavy atom. The Bertz CT molecular complexity index is 946. The number of methoxy groups -OCH3 is 1. The highest BCUT2D eigenvalue weighted by molar-refractivity contribution is 6.01. The first-order valence-corrected chi connectivity index (χ1v) is 8.08. The van der Waals surface area contributed by atoms with Crippen molar-refractivity contribution >= 4 is 12.0 Å². The number of nitrogens with one attached hydrogen (secondary N) is 1. The number of halogens is 4. The predicted octanol–water partition coefficient (Wildman–Crippen LogP) is 4.64. The zero-order valence-electron chi connectivity index (χ0n) is 15.0. The number of benzene rings is 2. The molecule has 28 heavy (non-hydrogen) atoms. The van der Waals surface area contributed by atoms with Crippen LogP contribution in [0.25, 0.3) is 6.08 Å². The van der Waals surface area contributed by atoms with Gasteiger partial charge < -0.3 is 10.1 Å². The molecule has 0 bridgehead atoms. The normalized spacial score (nSPS) is 12.8. The molecule has 0 saturated heterocycles. The molecule has 0 aliphatic heterocycles. The highest BCUT2D eigenvalue weighted by Gasteiger charge is 2.31. The minimum absolute atomic E-state index is 0.243. The van der Waals surface area contributed by atoms with Gasteiger partial charge in [0.05, 0.1) is 18.7 Å². The van der Waals surface area contributed by atoms with E-state index in [2.05, 4.69) is 5.32 Å². The summed E-state index contributed by atoms with van der Waals surface area (Å²) in [7, 11) is 1.49. The molecule has 0 aromatic heterocycles. The van der Waals surface area contributed by atoms with E-state index < -0.39 is 35.1 Å². The number of rotatable bonds is 5. The fourth-order valence-electron chi connectivity index (χ4n) is 2.44. The number of nitriles is 1. The molecule has 2 aromatic carbocycles. The lowest BCUT2D eigenvalue weighted by atomic mass is 10.1. The van der Waals surface area contributed by atoms with Crippen LogP contribution in [0, 0.1) is 17.1 Å². The van der Waals surface area contributed by atoms with Crippen LogP contribution in [0.4, 0.5) is 17.6 Å². The Labute approximate surface area is 159 Å². The highest BCUT2D eigenvalue weighted by atomic mass is 19.4. The molecule has 0 aliphatic carbocycles. The summed E-state index contributed by atoms with van der Waals surface area (Å²) in [5.41, 5.74) is -1.20. The second-order valence-corrected chi connectivity index (χ2v) is 5.91. The van der Waals surface area contributed by atoms with Gasteiger partial charge in [0.2, 0.25) is 0 Å². The largest absolute Gasteiger partial charge is 0.497 e. The third-order valence-electron chi connectivity index (χ3n) is 3.86. The van der Waals surface area contributed by atoms with Crippen molar-refractivity contribution in [2.45, 2.75) is 19.1 Å². The van der Waals surface area contributed by atoms with Crippen LogP contribution in [0.5, 0.6) is 5.75 Å². The number of amides is 1. The van der Waals surface area contributed by atoms with Gasteiger partial charge in [0.1, 0.15) is 23.2 Å². The van der Waals surface area contributed by atoms with E-state index in [4.69, 9.17) is 4.74 Å². The summed E-state index contributed by atoms with van der Waals surface area (Å²) in [5.74, 6) is -1.34. The number of hydrogen-bond acceptors (Lipinski definition) is 3. The zero-order valence-corrected chi connectivity index (χ0v) is 15.0. The molecule has 0 saturated carbocycles. The van der Waals surface area contributed by atoms with Gasteiger partial charge in [0.25, 0.3) is 5.91 Å². The number of carbonyl (C=O) groups excluding carboxylic acids is 1. The van der Waals surface area contributed by atoms with Crippen LogP contribution in [0.1, 0.15) is 29.7 Å². The molecule has 0 spiro atoms. The fourth-order valence-corrected chi connectivity index (χ4v) is 2.44. The molecule has 1 atom stereocenters. The lowest BCUT2D eigenvalue weighted by Crippen LogP contribution is -2.27. The van der Waals surface area contributed by atoms with Gasteiger partial charge in [-0.2, -0.15) is 18.4 Å². The zero-order chi connectivity index (χ0) is 20.9. The highest BCUT2D eigenvalue weighted by Crippen LogP contribution is 2.31. The Balaban J connectivity index is 2.26. The molecule has 1 N–H and O–H groups in total. The van der Waals surface area contributed by atoms with Crippen molar-refractivity contribution in [3.05, 3.63) is 70.5 Å². The van der Waals surface area contributed by atoms with Crippen molar-refractivity contribution in [1.29, 1.82) is 5.26 Å². The van der Waals surface area contributed by atoms with Gasteiger partial charge >= 0.3 is 6.18 Å². The summed E-state index contributed by atoms with van der Waals surface area (Å²) < 4.78 is 57.0. The van der Waals surface area contributed by atoms with Crippen molar-refractivity contribution in [1.82, 2.24) is 5.32 Å². The number of carbonyl (C=O) groups is 1. The first kappa shape index (κ1) is 21.0. The number of hydrogen-bond donors (Lipinski definition) is 1. The summed E-state index contributed by atoms with van der Waals surface area (Å²) in [6.07, 6.45) is -3.84. The number of ether oxygens (including phenoxy) is 1. The van der Waals surface area contributed by atoms with Gasteiger partial charge in [-0.25, -0.2) is 4.39 Å². The van der Waals surface area contributed by atoms with Gasteiger partial charge in [-0.1, -0.05) is 12.1 Å². The van der Waals surface area contributed by atoms with E-state index in [1.54, 1.807) is 37.3 Å². The monoisotopic (exact) mass is 392 g/mol. The molecular weight excluding hydrogens is 376 g/mol. The molecule has 0 aliphatic rings. The van der Waals surface area contributed by atoms with E-state index in [0.717, 1.165) is 12.1 Å². The van der Waals surface area contributed by atoms with Crippen LogP contribution in [-0.2, 0) is 11.0 Å². The fraction of sp³-hybridized carbons (Fsp3) is 0.200. The molecule has 0 heterocycles. The summed E-state index contributed by atoms with van der Waals surface area (Å²) >= 11 is 0. The Kier molecular flexibility index (Phi) is 6.41. The molecular formula is C20H16F4N2O2. The minimum atomic E-state index is -4.75. The van der Waals surface area contributed by atoms with Gasteiger partial charge in [0, 0.05) is 0 Å². The van der Waals surface area contributed by atoms with E-state index in [1.165, 1.54) is 7.11 Å². The van der Waals surface area contributed by atoms with E-state index in [0.29, 0.717) is 23.4 Å². The van der Waals surface area contributed by atoms with Crippen LogP contribution in [0.3, 0.4) is 0 Å². The second-order valence-electron chi connectivity index (χ2n) is 5.91. The quantitative estimate of drug-likeness (QED) is 0.458. The third kappa shape index (κ3) is 5.33. The van der Waals surface area contributed by atoms with Crippen LogP contribution < -0.4 is 10.1 Å². The SMILES string of the molecule is COc1cccc([C@H](C)NC(=O)/C(C#N)=C/c2cc(F)cc(C(F)(F)F)c2)c1. The number of nitrogens with zero attached hydrogens (tertiary/aromatic N) is 1. The molecule has 146 valence electrons. The smallest absolute Gasteiger partial charge is 0.416 e. The molecule has 0 unspecified atom stereocenters. The third-order valence-corrected chi connectivity index (χ3v) is 3.86. The van der Waals surface area contributed by atoms with E-state index in [1.807, 2.05) is 0 Å². The van der Waals surface area contributed by atoms with Crippen molar-refractivity contribution in [3.63, 3.8) is 0 Å². The van der Waals surface area contributed by atoms with Gasteiger partial charge in [0.15, 0.2) is 0 Å². The summed E-state index contributed by atoms with van der Waals surface area (Å²) in [4.78, 5) is 12.3. The van der Waals surface area contributed by atoms with Crippen LogP contribution >= 0.6 is 0 Å². The maximum Gasteiger partial charge on any atom is 0.416 e. The van der Waals surface area contributed by atoms with Crippen LogP contribution in [0.2, 0.25) is 0 Å². The molecule has 0 radical (unpaired) electrons. The Morgan fingerprint density at radius 2 is 1.96 bits per heavy atom. The van der Waals surface area contributed by atoms with Gasteiger partial charge in [-0.3, -0.25) is 4.79 Å². The summed E-state index contributed by atoms with van der Waals surface area (Å²) in [6, 6.07) is 9.83. The molecule has 0 fully saturated rings. The lowest BCUT2D eigenvalue weighted by molar-refractivity contribution is -0.137. The Hall–Kier alpha value is -3.34. The number of alkyl halides is 3. The predicted molar refractivity (Wildman–Crippen MR) is 94.5 cm³/mol. The maximum atomic E-state index is 13.5. The first-order valence-electron chi connectivity index (χ1n) is 8.08. The standard InChI is InChI=1S/C20H16F4N2O2/c1-12(14-4-3-5-18(9-14)28-2)26-19(27)15(11-25)6-13-7-16(20(22,23)24)10-17(21)8-13/h3-10,12H,1-2H3,(H,26,27)/b15-6+/t12-/m0/s1. The average molecular weight is 392 g/mol. The van der Waals surface area contributed by atoms with Gasteiger partial charge in [-0.15, -0.1) is 0 Å². The van der Waals surface area contributed by atoms with E-state index >= 15 is 0 Å². The topological polar surface area (TPSA) is 62.1 Å². The van der Waals surface area contributed by atoms with Crippen molar-refractivity contribution in [2.24, 2.45) is 0 Å². The van der Waals surface area contributed by atoms with E-state index in [-0.39, 0.29) is 5.56 Å². The molecule has 2 rings (SSSR count). The Morgan fingerprint density at radius 1 is 1.25 bits per heavy atom. The summed E-state index contributed by atoms with van der Waals surface area (Å²) in [5, 5.41) is 11.8. The maximum absolute atomic E-state index is 13.5. The molecule has 2 aromatic rings. The molecule has 1 amide bonds. The second kappa shape index (κ2) is 8.57.